The maximum Gasteiger partial charge on any atom is 0.204 e. The summed E-state index contributed by atoms with van der Waals surface area (Å²) in [6, 6.07) is 3.63. The molecule has 0 aliphatic heterocycles. The number of carbonyl (C=O) groups excluding carboxylic acids is 1. The second kappa shape index (κ2) is 5.14. The van der Waals surface area contributed by atoms with Crippen molar-refractivity contribution in [1.82, 2.24) is 4.98 Å². The minimum absolute atomic E-state index is 0.0183. The Hall–Kier alpha value is -1.95. The molecule has 0 radical (unpaired) electrons. The highest BCUT2D eigenvalue weighted by Gasteiger charge is 2.11. The van der Waals surface area contributed by atoms with Gasteiger partial charge in [0.2, 0.25) is 5.13 Å². The van der Waals surface area contributed by atoms with Crippen molar-refractivity contribution in [2.75, 3.05) is 5.43 Å². The lowest BCUT2D eigenvalue weighted by Crippen LogP contribution is -1.97. The van der Waals surface area contributed by atoms with Crippen LogP contribution in [0.2, 0.25) is 0 Å². The van der Waals surface area contributed by atoms with Gasteiger partial charge in [0.05, 0.1) is 16.8 Å². The fraction of sp³-hybridized carbons (Fsp3) is 0.250. The number of Topliss-reactive ketones (excluding diaryl/α,β-unsaturated/α-hetero) is 1. The average Bonchev–Trinajstić information content (AvgIpc) is 2.94. The van der Waals surface area contributed by atoms with Crippen LogP contribution in [0.1, 0.15) is 35.0 Å². The van der Waals surface area contributed by atoms with E-state index in [0.29, 0.717) is 15.8 Å². The average molecular weight is 263 g/mol. The number of anilines is 1. The van der Waals surface area contributed by atoms with Gasteiger partial charge in [-0.1, -0.05) is 11.3 Å². The second-order valence-electron chi connectivity index (χ2n) is 3.78. The summed E-state index contributed by atoms with van der Waals surface area (Å²) in [7, 11) is 0. The van der Waals surface area contributed by atoms with E-state index in [1.807, 2.05) is 19.9 Å². The molecule has 0 bridgehead atoms. The SMILES string of the molecule is CC(=O)c1sc(N/N=C(\C)c2ccco2)nc1C. The first-order valence-electron chi connectivity index (χ1n) is 5.40. The number of carbonyl (C=O) groups is 1. The smallest absolute Gasteiger partial charge is 0.204 e. The third-order valence-electron chi connectivity index (χ3n) is 2.31. The number of hydrazone groups is 1. The fourth-order valence-corrected chi connectivity index (χ4v) is 2.25. The number of aromatic nitrogens is 1. The minimum Gasteiger partial charge on any atom is -0.463 e. The van der Waals surface area contributed by atoms with Crippen LogP contribution in [0, 0.1) is 6.92 Å². The molecule has 0 amide bonds. The molecule has 6 heteroatoms. The lowest BCUT2D eigenvalue weighted by molar-refractivity contribution is 0.102. The first-order chi connectivity index (χ1) is 8.58. The largest absolute Gasteiger partial charge is 0.463 e. The molecule has 2 aromatic heterocycles. The molecule has 0 aromatic carbocycles. The Morgan fingerprint density at radius 1 is 1.50 bits per heavy atom. The molecule has 0 fully saturated rings. The molecule has 2 rings (SSSR count). The van der Waals surface area contributed by atoms with Crippen molar-refractivity contribution in [2.45, 2.75) is 20.8 Å². The van der Waals surface area contributed by atoms with E-state index in [1.165, 1.54) is 18.3 Å². The molecule has 0 saturated carbocycles. The molecule has 18 heavy (non-hydrogen) atoms. The van der Waals surface area contributed by atoms with Gasteiger partial charge in [-0.2, -0.15) is 5.10 Å². The Bertz CT molecular complexity index is 584. The summed E-state index contributed by atoms with van der Waals surface area (Å²) in [5.74, 6) is 0.715. The number of ketones is 1. The molecule has 94 valence electrons. The Labute approximate surface area is 109 Å². The number of hydrogen-bond acceptors (Lipinski definition) is 6. The minimum atomic E-state index is 0.0183. The zero-order valence-corrected chi connectivity index (χ0v) is 11.2. The number of aryl methyl sites for hydroxylation is 1. The molecular formula is C12H13N3O2S. The summed E-state index contributed by atoms with van der Waals surface area (Å²) in [6.45, 7) is 5.17. The van der Waals surface area contributed by atoms with Crippen molar-refractivity contribution in [3.63, 3.8) is 0 Å². The standard InChI is InChI=1S/C12H13N3O2S/c1-7(10-5-4-6-17-10)14-15-12-13-8(2)11(18-12)9(3)16/h4-6H,1-3H3,(H,13,15)/b14-7+. The zero-order chi connectivity index (χ0) is 13.1. The van der Waals surface area contributed by atoms with Crippen molar-refractivity contribution in [2.24, 2.45) is 5.10 Å². The van der Waals surface area contributed by atoms with Crippen LogP contribution < -0.4 is 5.43 Å². The first-order valence-corrected chi connectivity index (χ1v) is 6.22. The van der Waals surface area contributed by atoms with Gasteiger partial charge in [-0.25, -0.2) is 4.98 Å². The highest BCUT2D eigenvalue weighted by atomic mass is 32.1. The van der Waals surface area contributed by atoms with Crippen LogP contribution in [0.3, 0.4) is 0 Å². The van der Waals surface area contributed by atoms with Gasteiger partial charge < -0.3 is 4.42 Å². The molecule has 0 aliphatic carbocycles. The lowest BCUT2D eigenvalue weighted by Gasteiger charge is -1.96. The van der Waals surface area contributed by atoms with Gasteiger partial charge in [0.25, 0.3) is 0 Å². The van der Waals surface area contributed by atoms with Crippen LogP contribution in [-0.2, 0) is 0 Å². The Kier molecular flexibility index (Phi) is 3.57. The monoisotopic (exact) mass is 263 g/mol. The molecular weight excluding hydrogens is 250 g/mol. The van der Waals surface area contributed by atoms with Crippen LogP contribution in [0.4, 0.5) is 5.13 Å². The quantitative estimate of drug-likeness (QED) is 0.523. The number of nitrogens with zero attached hydrogens (tertiary/aromatic N) is 2. The number of nitrogens with one attached hydrogen (secondary N) is 1. The van der Waals surface area contributed by atoms with Gasteiger partial charge >= 0.3 is 0 Å². The van der Waals surface area contributed by atoms with Gasteiger partial charge in [-0.15, -0.1) is 0 Å². The van der Waals surface area contributed by atoms with Crippen molar-refractivity contribution < 1.29 is 9.21 Å². The molecule has 5 nitrogen and oxygen atoms in total. The second-order valence-corrected chi connectivity index (χ2v) is 4.78. The number of hydrogen-bond donors (Lipinski definition) is 1. The topological polar surface area (TPSA) is 67.5 Å². The predicted octanol–water partition coefficient (Wildman–Crippen LogP) is 3.08. The summed E-state index contributed by atoms with van der Waals surface area (Å²) in [4.78, 5) is 16.2. The van der Waals surface area contributed by atoms with E-state index in [2.05, 4.69) is 15.5 Å². The first kappa shape index (κ1) is 12.5. The van der Waals surface area contributed by atoms with Crippen molar-refractivity contribution in [3.8, 4) is 0 Å². The van der Waals surface area contributed by atoms with E-state index in [1.54, 1.807) is 12.3 Å². The molecule has 0 unspecified atom stereocenters. The maximum atomic E-state index is 11.3. The van der Waals surface area contributed by atoms with E-state index < -0.39 is 0 Å². The third kappa shape index (κ3) is 2.65. The van der Waals surface area contributed by atoms with Crippen LogP contribution in [0.5, 0.6) is 0 Å². The van der Waals surface area contributed by atoms with Crippen LogP contribution >= 0.6 is 11.3 Å². The number of thiazole rings is 1. The van der Waals surface area contributed by atoms with Crippen molar-refractivity contribution >= 4 is 28.0 Å². The van der Waals surface area contributed by atoms with Gasteiger partial charge in [-0.3, -0.25) is 10.2 Å². The molecule has 0 atom stereocenters. The molecule has 2 heterocycles. The fourth-order valence-electron chi connectivity index (χ4n) is 1.44. The highest BCUT2D eigenvalue weighted by molar-refractivity contribution is 7.17. The van der Waals surface area contributed by atoms with Crippen LogP contribution in [-0.4, -0.2) is 16.5 Å². The van der Waals surface area contributed by atoms with E-state index in [4.69, 9.17) is 4.42 Å². The summed E-state index contributed by atoms with van der Waals surface area (Å²) >= 11 is 1.30. The summed E-state index contributed by atoms with van der Waals surface area (Å²) in [5.41, 5.74) is 4.27. The summed E-state index contributed by atoms with van der Waals surface area (Å²) in [6.07, 6.45) is 1.59. The summed E-state index contributed by atoms with van der Waals surface area (Å²) in [5, 5.41) is 4.76. The Morgan fingerprint density at radius 2 is 2.28 bits per heavy atom. The number of furan rings is 1. The molecule has 1 N–H and O–H groups in total. The van der Waals surface area contributed by atoms with Crippen LogP contribution in [0.25, 0.3) is 0 Å². The molecule has 0 saturated heterocycles. The molecule has 0 aliphatic rings. The van der Waals surface area contributed by atoms with Crippen molar-refractivity contribution in [1.29, 1.82) is 0 Å². The molecule has 0 spiro atoms. The van der Waals surface area contributed by atoms with E-state index in [0.717, 1.165) is 11.4 Å². The van der Waals surface area contributed by atoms with Crippen LogP contribution in [0.15, 0.2) is 27.9 Å². The number of rotatable bonds is 4. The van der Waals surface area contributed by atoms with Crippen molar-refractivity contribution in [3.05, 3.63) is 34.7 Å². The zero-order valence-electron chi connectivity index (χ0n) is 10.4. The van der Waals surface area contributed by atoms with E-state index in [9.17, 15) is 4.79 Å². The van der Waals surface area contributed by atoms with E-state index in [-0.39, 0.29) is 5.78 Å². The maximum absolute atomic E-state index is 11.3. The Morgan fingerprint density at radius 3 is 2.83 bits per heavy atom. The lowest BCUT2D eigenvalue weighted by atomic mass is 10.3. The highest BCUT2D eigenvalue weighted by Crippen LogP contribution is 2.22. The predicted molar refractivity (Wildman–Crippen MR) is 71.4 cm³/mol. The normalized spacial score (nSPS) is 11.6. The van der Waals surface area contributed by atoms with Gasteiger partial charge in [-0.05, 0) is 26.0 Å². The van der Waals surface area contributed by atoms with Gasteiger partial charge in [0.15, 0.2) is 5.78 Å². The van der Waals surface area contributed by atoms with Gasteiger partial charge in [0, 0.05) is 6.92 Å². The van der Waals surface area contributed by atoms with Gasteiger partial charge in [0.1, 0.15) is 11.5 Å². The third-order valence-corrected chi connectivity index (χ3v) is 3.48. The molecule has 2 aromatic rings. The summed E-state index contributed by atoms with van der Waals surface area (Å²) < 4.78 is 5.21. The van der Waals surface area contributed by atoms with E-state index >= 15 is 0 Å². The Balaban J connectivity index is 2.13.